The van der Waals surface area contributed by atoms with Crippen LogP contribution in [0.5, 0.6) is 0 Å². The standard InChI is InChI=1S/3C11H14O2.Al/c3*1-11(2,3)9-6-4-8(5-7-9)10(12)13;/h3*4-7H,1-3H3,(H,12,13);/p-3. The second-order valence-electron chi connectivity index (χ2n) is 12.3. The molecule has 0 aliphatic heterocycles. The van der Waals surface area contributed by atoms with Crippen molar-refractivity contribution in [2.75, 3.05) is 0 Å². The summed E-state index contributed by atoms with van der Waals surface area (Å²) in [5.74, 6) is -3.37. The summed E-state index contributed by atoms with van der Waals surface area (Å²) >= 11 is 0. The Kier molecular flexibility index (Phi) is 13.6. The largest absolute Gasteiger partial charge is 0.545 e. The lowest BCUT2D eigenvalue weighted by molar-refractivity contribution is -0.256. The Hall–Kier alpha value is -3.40. The van der Waals surface area contributed by atoms with Crippen molar-refractivity contribution in [2.24, 2.45) is 0 Å². The van der Waals surface area contributed by atoms with E-state index >= 15 is 0 Å². The molecule has 0 unspecified atom stereocenters. The first-order valence-corrected chi connectivity index (χ1v) is 12.7. The van der Waals surface area contributed by atoms with Gasteiger partial charge in [-0.1, -0.05) is 135 Å². The van der Waals surface area contributed by atoms with E-state index in [0.717, 1.165) is 16.7 Å². The molecule has 0 fully saturated rings. The molecule has 0 bridgehead atoms. The number of hydrogen-bond donors (Lipinski definition) is 0. The lowest BCUT2D eigenvalue weighted by Crippen LogP contribution is -2.22. The predicted octanol–water partition coefficient (Wildman–Crippen LogP) is 3.66. The van der Waals surface area contributed by atoms with Gasteiger partial charge < -0.3 is 29.7 Å². The van der Waals surface area contributed by atoms with Gasteiger partial charge in [0.05, 0.1) is 17.9 Å². The molecule has 3 aromatic carbocycles. The molecule has 0 aliphatic rings. The molecule has 0 aromatic heterocycles. The van der Waals surface area contributed by atoms with Gasteiger partial charge in [-0.15, -0.1) is 0 Å². The highest BCUT2D eigenvalue weighted by Gasteiger charge is 2.14. The van der Waals surface area contributed by atoms with E-state index in [0.29, 0.717) is 0 Å². The fraction of sp³-hybridized carbons (Fsp3) is 0.364. The Bertz CT molecular complexity index is 1080. The van der Waals surface area contributed by atoms with Crippen molar-refractivity contribution in [3.05, 3.63) is 106 Å². The van der Waals surface area contributed by atoms with Gasteiger partial charge in [0.15, 0.2) is 0 Å². The van der Waals surface area contributed by atoms with Crippen LogP contribution in [0.3, 0.4) is 0 Å². The number of hydrogen-bond acceptors (Lipinski definition) is 6. The van der Waals surface area contributed by atoms with Gasteiger partial charge in [0.25, 0.3) is 0 Å². The molecule has 0 saturated heterocycles. The second-order valence-corrected chi connectivity index (χ2v) is 12.3. The normalized spacial score (nSPS) is 11.0. The van der Waals surface area contributed by atoms with E-state index in [9.17, 15) is 29.7 Å². The average Bonchev–Trinajstić information content (AvgIpc) is 2.83. The van der Waals surface area contributed by atoms with Crippen LogP contribution in [0.2, 0.25) is 0 Å². The first kappa shape index (κ1) is 36.6. The summed E-state index contributed by atoms with van der Waals surface area (Å²) in [6.45, 7) is 18.8. The van der Waals surface area contributed by atoms with Crippen LogP contribution in [-0.4, -0.2) is 35.3 Å². The molecule has 0 spiro atoms. The molecule has 0 atom stereocenters. The Morgan fingerprint density at radius 1 is 0.400 bits per heavy atom. The van der Waals surface area contributed by atoms with Gasteiger partial charge in [-0.25, -0.2) is 0 Å². The van der Waals surface area contributed by atoms with E-state index in [1.54, 1.807) is 36.4 Å². The van der Waals surface area contributed by atoms with Crippen molar-refractivity contribution in [2.45, 2.75) is 78.6 Å². The van der Waals surface area contributed by atoms with Crippen LogP contribution in [0, 0.1) is 0 Å². The van der Waals surface area contributed by atoms with E-state index in [1.165, 1.54) is 0 Å². The van der Waals surface area contributed by atoms with E-state index < -0.39 is 17.9 Å². The predicted molar refractivity (Wildman–Crippen MR) is 154 cm³/mol. The van der Waals surface area contributed by atoms with Gasteiger partial charge in [0.2, 0.25) is 0 Å². The van der Waals surface area contributed by atoms with Gasteiger partial charge in [-0.2, -0.15) is 0 Å². The fourth-order valence-corrected chi connectivity index (χ4v) is 3.32. The lowest BCUT2D eigenvalue weighted by atomic mass is 9.87. The fourth-order valence-electron chi connectivity index (χ4n) is 3.32. The zero-order valence-corrected chi connectivity index (χ0v) is 26.1. The third-order valence-electron chi connectivity index (χ3n) is 5.96. The van der Waals surface area contributed by atoms with Crippen molar-refractivity contribution < 1.29 is 29.7 Å². The maximum Gasteiger partial charge on any atom is 0.0715 e. The monoisotopic (exact) mass is 558 g/mol. The number of carbonyl (C=O) groups is 3. The van der Waals surface area contributed by atoms with Gasteiger partial charge in [-0.05, 0) is 49.6 Å². The summed E-state index contributed by atoms with van der Waals surface area (Å²) < 4.78 is 0. The van der Waals surface area contributed by atoms with Gasteiger partial charge >= 0.3 is 0 Å². The zero-order chi connectivity index (χ0) is 30.2. The summed E-state index contributed by atoms with van der Waals surface area (Å²) in [6.07, 6.45) is 0. The highest BCUT2D eigenvalue weighted by Crippen LogP contribution is 2.23. The van der Waals surface area contributed by atoms with Crippen molar-refractivity contribution in [3.8, 4) is 0 Å². The Labute approximate surface area is 249 Å². The maximum atomic E-state index is 10.5. The minimum Gasteiger partial charge on any atom is -0.545 e. The molecule has 0 N–H and O–H groups in total. The Morgan fingerprint density at radius 2 is 0.550 bits per heavy atom. The molecule has 0 aliphatic carbocycles. The molecule has 213 valence electrons. The molecule has 7 heteroatoms. The van der Waals surface area contributed by atoms with E-state index in [4.69, 9.17) is 0 Å². The van der Waals surface area contributed by atoms with Crippen molar-refractivity contribution in [3.63, 3.8) is 0 Å². The molecular weight excluding hydrogens is 519 g/mol. The molecule has 3 aromatic rings. The first-order chi connectivity index (χ1) is 17.7. The molecule has 3 radical (unpaired) electrons. The highest BCUT2D eigenvalue weighted by atomic mass is 27.0. The van der Waals surface area contributed by atoms with Crippen LogP contribution in [0.15, 0.2) is 72.8 Å². The molecule has 0 heterocycles. The minimum atomic E-state index is -1.12. The van der Waals surface area contributed by atoms with Crippen LogP contribution in [-0.2, 0) is 16.2 Å². The number of benzene rings is 3. The van der Waals surface area contributed by atoms with Crippen LogP contribution >= 0.6 is 0 Å². The maximum absolute atomic E-state index is 10.5. The minimum absolute atomic E-state index is 0. The smallest absolute Gasteiger partial charge is 0.0715 e. The van der Waals surface area contributed by atoms with Crippen molar-refractivity contribution in [1.82, 2.24) is 0 Å². The highest BCUT2D eigenvalue weighted by molar-refractivity contribution is 5.86. The van der Waals surface area contributed by atoms with Gasteiger partial charge in [-0.3, -0.25) is 0 Å². The summed E-state index contributed by atoms with van der Waals surface area (Å²) in [6, 6.07) is 20.4. The summed E-state index contributed by atoms with van der Waals surface area (Å²) in [5, 5.41) is 31.4. The molecule has 3 rings (SSSR count). The molecule has 0 amide bonds. The number of carbonyl (C=O) groups excluding carboxylic acids is 3. The number of carboxylic acid groups (broad SMARTS) is 3. The Morgan fingerprint density at radius 3 is 0.650 bits per heavy atom. The number of aromatic carboxylic acids is 3. The van der Waals surface area contributed by atoms with Crippen LogP contribution in [0.4, 0.5) is 0 Å². The van der Waals surface area contributed by atoms with Crippen LogP contribution in [0.1, 0.15) is 110 Å². The molecule has 40 heavy (non-hydrogen) atoms. The first-order valence-electron chi connectivity index (χ1n) is 12.7. The summed E-state index contributed by atoms with van der Waals surface area (Å²) in [4.78, 5) is 31.4. The van der Waals surface area contributed by atoms with Crippen molar-refractivity contribution >= 4 is 35.3 Å². The lowest BCUT2D eigenvalue weighted by Gasteiger charge is -2.19. The van der Waals surface area contributed by atoms with Crippen LogP contribution < -0.4 is 15.3 Å². The third kappa shape index (κ3) is 12.2. The van der Waals surface area contributed by atoms with E-state index in [-0.39, 0.29) is 50.3 Å². The van der Waals surface area contributed by atoms with E-state index in [1.807, 2.05) is 36.4 Å². The van der Waals surface area contributed by atoms with Gasteiger partial charge in [0.1, 0.15) is 0 Å². The molecule has 6 nitrogen and oxygen atoms in total. The topological polar surface area (TPSA) is 120 Å². The van der Waals surface area contributed by atoms with Crippen LogP contribution in [0.25, 0.3) is 0 Å². The third-order valence-corrected chi connectivity index (χ3v) is 5.96. The van der Waals surface area contributed by atoms with Crippen molar-refractivity contribution in [1.29, 1.82) is 0 Å². The SMILES string of the molecule is CC(C)(C)c1ccc(C(=O)[O-])cc1.CC(C)(C)c1ccc(C(=O)[O-])cc1.CC(C)(C)c1ccc(C(=O)[O-])cc1.[Al]. The molecular formula is C33H39AlO6-3. The quantitative estimate of drug-likeness (QED) is 0.453. The Balaban J connectivity index is 0.000000563. The molecule has 0 saturated carbocycles. The van der Waals surface area contributed by atoms with E-state index in [2.05, 4.69) is 62.3 Å². The van der Waals surface area contributed by atoms with Gasteiger partial charge in [0, 0.05) is 17.4 Å². The summed E-state index contributed by atoms with van der Waals surface area (Å²) in [7, 11) is 0. The average molecular weight is 559 g/mol. The number of carboxylic acids is 3. The zero-order valence-electron chi connectivity index (χ0n) is 25.0. The second kappa shape index (κ2) is 14.8. The summed E-state index contributed by atoms with van der Waals surface area (Å²) in [5.41, 5.74) is 4.24. The number of rotatable bonds is 3.